The average Bonchev–Trinajstić information content (AvgIpc) is 1.67. The number of pyridine rings is 3. The van der Waals surface area contributed by atoms with Crippen LogP contribution in [0.1, 0.15) is 13.8 Å². The van der Waals surface area contributed by atoms with Gasteiger partial charge in [-0.3, -0.25) is 29.3 Å². The van der Waals surface area contributed by atoms with Crippen molar-refractivity contribution in [2.45, 2.75) is 33.3 Å². The zero-order valence-corrected chi connectivity index (χ0v) is 71.3. The van der Waals surface area contributed by atoms with Crippen LogP contribution in [-0.4, -0.2) is 269 Å². The van der Waals surface area contributed by atoms with Gasteiger partial charge in [-0.25, -0.2) is 46.6 Å². The van der Waals surface area contributed by atoms with Crippen LogP contribution in [0.2, 0.25) is 0 Å². The summed E-state index contributed by atoms with van der Waals surface area (Å²) in [4.78, 5) is 90.3. The molecule has 0 aliphatic carbocycles. The highest BCUT2D eigenvalue weighted by Gasteiger charge is 2.26. The van der Waals surface area contributed by atoms with E-state index in [9.17, 15) is 40.7 Å². The molecule has 0 atom stereocenters. The van der Waals surface area contributed by atoms with Crippen molar-refractivity contribution < 1.29 is 54.9 Å². The Morgan fingerprint density at radius 1 is 0.416 bits per heavy atom. The molecule has 0 radical (unpaired) electrons. The van der Waals surface area contributed by atoms with Gasteiger partial charge in [0.05, 0.1) is 67.7 Å². The number of nitrogens with one attached hydrogen (secondary N) is 8. The lowest BCUT2D eigenvalue weighted by Gasteiger charge is -2.26. The number of alkyl halides is 6. The number of anilines is 15. The van der Waals surface area contributed by atoms with Crippen molar-refractivity contribution in [2.75, 3.05) is 205 Å². The molecule has 36 nitrogen and oxygen atoms in total. The van der Waals surface area contributed by atoms with Crippen LogP contribution >= 0.6 is 0 Å². The van der Waals surface area contributed by atoms with Gasteiger partial charge in [-0.05, 0) is 129 Å². The van der Waals surface area contributed by atoms with Gasteiger partial charge in [-0.15, -0.1) is 15.3 Å². The smallest absolute Gasteiger partial charge is 0.387 e. The van der Waals surface area contributed by atoms with E-state index in [4.69, 9.17) is 14.2 Å². The minimum absolute atomic E-state index is 0.0915. The Bertz CT molecular complexity index is 5710. The number of amides is 3. The van der Waals surface area contributed by atoms with Crippen molar-refractivity contribution in [1.82, 2.24) is 88.9 Å². The van der Waals surface area contributed by atoms with Crippen LogP contribution < -0.4 is 76.3 Å². The first-order valence-corrected chi connectivity index (χ1v) is 39.1. The number of benzene rings is 3. The van der Waals surface area contributed by atoms with E-state index in [1.165, 1.54) is 18.3 Å². The van der Waals surface area contributed by atoms with Gasteiger partial charge >= 0.3 is 6.61 Å². The second-order valence-electron chi connectivity index (χ2n) is 28.5. The number of nitrogens with zero attached hydrogens (tertiary/aromatic N) is 22. The molecule has 0 aliphatic rings. The minimum Gasteiger partial charge on any atom is -0.485 e. The van der Waals surface area contributed by atoms with Gasteiger partial charge in [0, 0.05) is 161 Å². The van der Waals surface area contributed by atoms with Gasteiger partial charge in [0.15, 0.2) is 40.7 Å². The Balaban J connectivity index is 0.000000196. The van der Waals surface area contributed by atoms with E-state index in [2.05, 4.69) is 122 Å². The molecule has 8 N–H and O–H groups in total. The third kappa shape index (κ3) is 24.9. The lowest BCUT2D eigenvalue weighted by Crippen LogP contribution is -2.29. The van der Waals surface area contributed by atoms with Crippen molar-refractivity contribution in [1.29, 1.82) is 0 Å². The van der Waals surface area contributed by atoms with Crippen molar-refractivity contribution >= 4 is 137 Å². The summed E-state index contributed by atoms with van der Waals surface area (Å²) in [7, 11) is 20.8. The maximum absolute atomic E-state index is 13.5. The summed E-state index contributed by atoms with van der Waals surface area (Å²) in [5.41, 5.74) is 7.74. The summed E-state index contributed by atoms with van der Waals surface area (Å²) in [6.07, 6.45) is 7.70. The van der Waals surface area contributed by atoms with Crippen molar-refractivity contribution in [3.8, 4) is 34.7 Å². The molecule has 3 amide bonds. The Morgan fingerprint density at radius 3 is 1.06 bits per heavy atom. The third-order valence-corrected chi connectivity index (χ3v) is 18.2. The van der Waals surface area contributed by atoms with Gasteiger partial charge in [-0.2, -0.15) is 23.7 Å². The first kappa shape index (κ1) is 92.7. The molecule has 0 bridgehead atoms. The van der Waals surface area contributed by atoms with Gasteiger partial charge < -0.3 is 91.0 Å². The van der Waals surface area contributed by atoms with E-state index >= 15 is 0 Å². The van der Waals surface area contributed by atoms with E-state index in [1.807, 2.05) is 143 Å². The molecule has 12 rings (SSSR count). The molecule has 0 saturated carbocycles. The van der Waals surface area contributed by atoms with E-state index in [0.29, 0.717) is 138 Å². The van der Waals surface area contributed by atoms with Crippen molar-refractivity contribution in [3.05, 3.63) is 166 Å². The third-order valence-electron chi connectivity index (χ3n) is 18.2. The fourth-order valence-corrected chi connectivity index (χ4v) is 12.1. The van der Waals surface area contributed by atoms with Crippen molar-refractivity contribution in [2.24, 2.45) is 0 Å². The van der Waals surface area contributed by atoms with Crippen LogP contribution in [0.25, 0.3) is 50.6 Å². The number of hydrogen-bond acceptors (Lipinski definition) is 30. The van der Waals surface area contributed by atoms with Gasteiger partial charge in [0.1, 0.15) is 41.3 Å². The maximum Gasteiger partial charge on any atom is 0.387 e. The van der Waals surface area contributed by atoms with Gasteiger partial charge in [0.25, 0.3) is 12.9 Å². The summed E-state index contributed by atoms with van der Waals surface area (Å²) in [6, 6.07) is 25.4. The normalized spacial score (nSPS) is 11.1. The van der Waals surface area contributed by atoms with Gasteiger partial charge in [0.2, 0.25) is 35.6 Å². The molecule has 0 saturated heterocycles. The van der Waals surface area contributed by atoms with Crippen LogP contribution in [0.15, 0.2) is 166 Å². The number of halogens is 6. The molecule has 0 spiro atoms. The van der Waals surface area contributed by atoms with Crippen LogP contribution in [-0.2, 0) is 14.4 Å². The highest BCUT2D eigenvalue weighted by atomic mass is 19.3. The van der Waals surface area contributed by atoms with E-state index in [1.54, 1.807) is 107 Å². The number of carbonyl (C=O) groups is 3. The predicted octanol–water partition coefficient (Wildman–Crippen LogP) is 12.0. The Hall–Kier alpha value is -14.6. The van der Waals surface area contributed by atoms with Gasteiger partial charge in [-0.1, -0.05) is 19.7 Å². The van der Waals surface area contributed by atoms with Crippen LogP contribution in [0.3, 0.4) is 0 Å². The van der Waals surface area contributed by atoms with E-state index < -0.39 is 50.4 Å². The fourth-order valence-electron chi connectivity index (χ4n) is 12.1. The fraction of sp³-hybridized carbons (Fsp3) is 0.313. The number of hydrogen-bond donors (Lipinski definition) is 8. The number of rotatable bonds is 40. The minimum atomic E-state index is -3.09. The predicted molar refractivity (Wildman–Crippen MR) is 477 cm³/mol. The van der Waals surface area contributed by atoms with Crippen molar-refractivity contribution in [3.63, 3.8) is 0 Å². The monoisotopic (exact) mass is 1730 g/mol. The van der Waals surface area contributed by atoms with E-state index in [0.717, 1.165) is 34.8 Å². The molecule has 0 fully saturated rings. The Kier molecular flexibility index (Phi) is 32.5. The first-order valence-electron chi connectivity index (χ1n) is 39.1. The molecule has 9 heterocycles. The quantitative estimate of drug-likeness (QED) is 0.0131. The zero-order chi connectivity index (χ0) is 90.1. The molecular weight excluding hydrogens is 1630 g/mol. The second-order valence-corrected chi connectivity index (χ2v) is 28.5. The average molecular weight is 1730 g/mol. The maximum atomic E-state index is 13.5. The summed E-state index contributed by atoms with van der Waals surface area (Å²) in [6.45, 7) is 14.9. The standard InChI is InChI=1S/2C28H34F2N10O2.C27H32F2N10O2/c1-7-25(41)33-18-15-19(22(42-17-23(29)30)16-21(18)39(6)14-13-37(2)3)34-28-32-12-10-24(35-28)40-20-9-8-11-31-26(20)27(36-40)38(4)5;1-6-25(41)34-18-15-19(22(42-17-23(29)30)16-21(18)39(5)14-13-38(3)4)35-28-33-12-10-24(36-28)40-20-9-8-11-32-26(20)27(37-40)31-7-2;1-6-23(40)33-17-15-18(21(41-26(28)29)16-20(17)38(5)14-13-37(3)4)34-27-32-12-10-22(35-27)39-19-9-8-11-31-24(19)25(36-39)30-7-2/h7-12,15-16,23H,1,13-14,17H2,2-6H3,(H,33,41)(H,32,34,35);6,8-12,15-16,23H,1,7,13-14,17H2,2-5H3,(H,31,37)(H,34,41)(H,33,35,36);6,8-12,15-16,26H,1,7,13-14H2,2-5H3,(H,30,36)(H,33,40)(H,32,34,35). The van der Waals surface area contributed by atoms with Crippen LogP contribution in [0, 0.1) is 0 Å². The molecule has 42 heteroatoms. The number of likely N-dealkylation sites (N-methyl/N-ethyl adjacent to an activating group) is 6. The number of fused-ring (bicyclic) bond motifs is 3. The largest absolute Gasteiger partial charge is 0.485 e. The number of ether oxygens (including phenoxy) is 3. The Morgan fingerprint density at radius 2 is 0.744 bits per heavy atom. The van der Waals surface area contributed by atoms with E-state index in [-0.39, 0.29) is 52.2 Å². The lowest BCUT2D eigenvalue weighted by molar-refractivity contribution is -0.112. The zero-order valence-electron chi connectivity index (χ0n) is 71.3. The summed E-state index contributed by atoms with van der Waals surface area (Å²) in [5.74, 6) is 2.39. The molecule has 125 heavy (non-hydrogen) atoms. The topological polar surface area (TPSA) is 367 Å². The molecule has 0 unspecified atom stereocenters. The molecule has 0 aliphatic heterocycles. The first-order chi connectivity index (χ1) is 60.0. The summed E-state index contributed by atoms with van der Waals surface area (Å²) < 4.78 is 101. The highest BCUT2D eigenvalue weighted by molar-refractivity contribution is 6.04. The molecule has 3 aromatic carbocycles. The molecule has 9 aromatic heterocycles. The summed E-state index contributed by atoms with van der Waals surface area (Å²) in [5, 5.41) is 37.7. The molecule has 660 valence electrons. The number of aromatic nitrogens is 15. The highest BCUT2D eigenvalue weighted by Crippen LogP contribution is 2.43. The number of carbonyl (C=O) groups excluding carboxylic acids is 3. The van der Waals surface area contributed by atoms with Crippen LogP contribution in [0.4, 0.5) is 113 Å². The lowest BCUT2D eigenvalue weighted by atomic mass is 10.2. The summed E-state index contributed by atoms with van der Waals surface area (Å²) >= 11 is 0. The second kappa shape index (κ2) is 43.8. The molecular formula is C83H100F6N30O6. The Labute approximate surface area is 717 Å². The SMILES string of the molecule is C=CC(=O)Nc1cc(Nc2nccc(-n3nc(N(C)C)c4ncccc43)n2)c(OCC(F)F)cc1N(C)CCN(C)C.C=CC(=O)Nc1cc(Nc2nccc(-n3nc(NCC)c4ncccc43)n2)c(OC(F)F)cc1N(C)CCN(C)C.C=CC(=O)Nc1cc(Nc2nccc(-n3nc(NCC)c4ncccc43)n2)c(OCC(F)F)cc1N(C)CCN(C)C. The van der Waals surface area contributed by atoms with Crippen LogP contribution in [0.5, 0.6) is 17.2 Å². The molecule has 12 aromatic rings.